The zero-order valence-corrected chi connectivity index (χ0v) is 8.67. The van der Waals surface area contributed by atoms with Gasteiger partial charge in [-0.2, -0.15) is 0 Å². The minimum absolute atomic E-state index is 0.171. The monoisotopic (exact) mass is 233 g/mol. The summed E-state index contributed by atoms with van der Waals surface area (Å²) in [4.78, 5) is 0. The fourth-order valence-electron chi connectivity index (χ4n) is 0.758. The molecule has 0 heterocycles. The first-order valence-electron chi connectivity index (χ1n) is 3.82. The van der Waals surface area contributed by atoms with Gasteiger partial charge in [0.1, 0.15) is 0 Å². The summed E-state index contributed by atoms with van der Waals surface area (Å²) >= 11 is 0.391. The van der Waals surface area contributed by atoms with Crippen LogP contribution < -0.4 is 10.2 Å². The van der Waals surface area contributed by atoms with E-state index in [1.165, 1.54) is 16.6 Å². The number of rotatable bonds is 3. The quantitative estimate of drug-likeness (QED) is 0.770. The molecule has 1 unspecified atom stereocenters. The third-order valence-corrected chi connectivity index (χ3v) is 4.05. The molecule has 0 amide bonds. The summed E-state index contributed by atoms with van der Waals surface area (Å²) in [7, 11) is 0. The summed E-state index contributed by atoms with van der Waals surface area (Å²) in [6.07, 6.45) is 0. The van der Waals surface area contributed by atoms with Gasteiger partial charge in [-0.3, -0.25) is 0 Å². The van der Waals surface area contributed by atoms with E-state index in [-0.39, 0.29) is 11.9 Å². The fourth-order valence-corrected chi connectivity index (χ4v) is 2.40. The van der Waals surface area contributed by atoms with Crippen molar-refractivity contribution < 1.29 is 4.39 Å². The van der Waals surface area contributed by atoms with Crippen molar-refractivity contribution in [2.45, 2.75) is 18.3 Å². The van der Waals surface area contributed by atoms with Crippen molar-refractivity contribution in [1.82, 2.24) is 0 Å². The molecule has 1 nitrogen and oxygen atoms in total. The van der Waals surface area contributed by atoms with Crippen LogP contribution in [0.3, 0.4) is 0 Å². The Kier molecular flexibility index (Phi) is 3.73. The van der Waals surface area contributed by atoms with Crippen LogP contribution in [0, 0.1) is 5.82 Å². The number of halogens is 1. The van der Waals surface area contributed by atoms with E-state index in [1.54, 1.807) is 0 Å². The third-order valence-electron chi connectivity index (χ3n) is 1.33. The molecule has 1 atom stereocenters. The molecule has 0 aromatic heterocycles. The van der Waals surface area contributed by atoms with E-state index in [9.17, 15) is 4.39 Å². The Hall–Kier alpha value is -0.371. The van der Waals surface area contributed by atoms with Crippen LogP contribution in [0.1, 0.15) is 6.92 Å². The van der Waals surface area contributed by atoms with Crippen LogP contribution in [-0.2, 0) is 0 Å². The van der Waals surface area contributed by atoms with Crippen LogP contribution in [-0.4, -0.2) is 21.0 Å². The van der Waals surface area contributed by atoms with Gasteiger partial charge in [0.05, 0.1) is 0 Å². The number of benzene rings is 1. The first-order valence-corrected chi connectivity index (χ1v) is 5.89. The minimum atomic E-state index is -0.171. The molecular weight excluding hydrogens is 220 g/mol. The Morgan fingerprint density at radius 1 is 1.42 bits per heavy atom. The second-order valence-electron chi connectivity index (χ2n) is 2.74. The maximum atomic E-state index is 12.5. The molecule has 0 bridgehead atoms. The van der Waals surface area contributed by atoms with Gasteiger partial charge in [0.25, 0.3) is 0 Å². The average molecular weight is 232 g/mol. The van der Waals surface area contributed by atoms with Gasteiger partial charge in [-0.1, -0.05) is 0 Å². The Bertz CT molecular complexity index is 233. The summed E-state index contributed by atoms with van der Waals surface area (Å²) < 4.78 is 13.7. The van der Waals surface area contributed by atoms with Crippen molar-refractivity contribution in [1.29, 1.82) is 0 Å². The molecule has 66 valence electrons. The molecule has 0 aliphatic carbocycles. The molecule has 1 aromatic rings. The van der Waals surface area contributed by atoms with Gasteiger partial charge in [0, 0.05) is 0 Å². The molecule has 0 radical (unpaired) electrons. The molecule has 12 heavy (non-hydrogen) atoms. The second kappa shape index (κ2) is 4.61. The standard InChI is InChI=1S/C9H12FNSe/c1-7(11)6-12-9-4-2-8(10)3-5-9/h2-5,7H,6,11H2,1H3. The molecule has 0 aliphatic rings. The Balaban J connectivity index is 2.48. The number of hydrogen-bond acceptors (Lipinski definition) is 1. The van der Waals surface area contributed by atoms with Crippen LogP contribution in [0.4, 0.5) is 4.39 Å². The van der Waals surface area contributed by atoms with E-state index in [1.807, 2.05) is 19.1 Å². The number of hydrogen-bond donors (Lipinski definition) is 1. The predicted octanol–water partition coefficient (Wildman–Crippen LogP) is 0.921. The Morgan fingerprint density at radius 3 is 2.50 bits per heavy atom. The van der Waals surface area contributed by atoms with E-state index in [2.05, 4.69) is 0 Å². The van der Waals surface area contributed by atoms with Crippen LogP contribution in [0.5, 0.6) is 0 Å². The van der Waals surface area contributed by atoms with Gasteiger partial charge < -0.3 is 0 Å². The first-order chi connectivity index (χ1) is 5.68. The molecule has 1 aromatic carbocycles. The summed E-state index contributed by atoms with van der Waals surface area (Å²) in [6, 6.07) is 6.90. The van der Waals surface area contributed by atoms with E-state index in [0.717, 1.165) is 5.32 Å². The van der Waals surface area contributed by atoms with Crippen molar-refractivity contribution >= 4 is 19.4 Å². The topological polar surface area (TPSA) is 26.0 Å². The molecule has 0 fully saturated rings. The van der Waals surface area contributed by atoms with Crippen molar-refractivity contribution in [3.05, 3.63) is 30.1 Å². The van der Waals surface area contributed by atoms with Gasteiger partial charge in [-0.15, -0.1) is 0 Å². The Labute approximate surface area is 78.3 Å². The van der Waals surface area contributed by atoms with Crippen LogP contribution in [0.15, 0.2) is 24.3 Å². The van der Waals surface area contributed by atoms with Crippen LogP contribution >= 0.6 is 0 Å². The second-order valence-corrected chi connectivity index (χ2v) is 5.04. The SMILES string of the molecule is CC(N)C[Se]c1ccc(F)cc1. The average Bonchev–Trinajstić information content (AvgIpc) is 2.03. The maximum absolute atomic E-state index is 12.5. The predicted molar refractivity (Wildman–Crippen MR) is 50.2 cm³/mol. The molecule has 3 heteroatoms. The first kappa shape index (κ1) is 9.72. The molecule has 1 rings (SSSR count). The normalized spacial score (nSPS) is 12.9. The van der Waals surface area contributed by atoms with E-state index in [0.29, 0.717) is 15.0 Å². The van der Waals surface area contributed by atoms with Gasteiger partial charge in [0.2, 0.25) is 0 Å². The molecule has 0 spiro atoms. The van der Waals surface area contributed by atoms with Crippen LogP contribution in [0.25, 0.3) is 0 Å². The zero-order chi connectivity index (χ0) is 8.97. The summed E-state index contributed by atoms with van der Waals surface area (Å²) in [5.74, 6) is -0.171. The molecule has 2 N–H and O–H groups in total. The number of nitrogens with two attached hydrogens (primary N) is 1. The van der Waals surface area contributed by atoms with E-state index < -0.39 is 0 Å². The summed E-state index contributed by atoms with van der Waals surface area (Å²) in [5.41, 5.74) is 5.61. The van der Waals surface area contributed by atoms with E-state index in [4.69, 9.17) is 5.73 Å². The van der Waals surface area contributed by atoms with E-state index >= 15 is 0 Å². The van der Waals surface area contributed by atoms with Crippen molar-refractivity contribution in [2.75, 3.05) is 0 Å². The van der Waals surface area contributed by atoms with Crippen LogP contribution in [0.2, 0.25) is 5.32 Å². The fraction of sp³-hybridized carbons (Fsp3) is 0.333. The van der Waals surface area contributed by atoms with Gasteiger partial charge in [-0.05, 0) is 0 Å². The summed E-state index contributed by atoms with van der Waals surface area (Å²) in [6.45, 7) is 1.99. The van der Waals surface area contributed by atoms with Crippen molar-refractivity contribution in [2.24, 2.45) is 5.73 Å². The van der Waals surface area contributed by atoms with Gasteiger partial charge in [0.15, 0.2) is 0 Å². The van der Waals surface area contributed by atoms with Crippen molar-refractivity contribution in [3.8, 4) is 0 Å². The Morgan fingerprint density at radius 2 is 2.00 bits per heavy atom. The van der Waals surface area contributed by atoms with Gasteiger partial charge in [-0.25, -0.2) is 0 Å². The molecule has 0 saturated heterocycles. The summed E-state index contributed by atoms with van der Waals surface area (Å²) in [5, 5.41) is 1.01. The van der Waals surface area contributed by atoms with Crippen molar-refractivity contribution in [3.63, 3.8) is 0 Å². The molecular formula is C9H12FNSe. The van der Waals surface area contributed by atoms with Gasteiger partial charge >= 0.3 is 77.9 Å². The molecule has 0 aliphatic heterocycles. The zero-order valence-electron chi connectivity index (χ0n) is 6.96. The molecule has 0 saturated carbocycles. The third kappa shape index (κ3) is 3.35.